The summed E-state index contributed by atoms with van der Waals surface area (Å²) >= 11 is 0. The molecule has 0 bridgehead atoms. The molecular weight excluding hydrogens is 406 g/mol. The van der Waals surface area contributed by atoms with E-state index in [4.69, 9.17) is 9.47 Å². The van der Waals surface area contributed by atoms with Crippen LogP contribution in [0, 0.1) is 23.5 Å². The van der Waals surface area contributed by atoms with Crippen LogP contribution in [0.15, 0.2) is 30.5 Å². The molecule has 31 heavy (non-hydrogen) atoms. The highest BCUT2D eigenvalue weighted by Crippen LogP contribution is 2.46. The fourth-order valence-corrected chi connectivity index (χ4v) is 4.22. The Hall–Kier alpha value is -2.87. The highest BCUT2D eigenvalue weighted by atomic mass is 19.2. The summed E-state index contributed by atoms with van der Waals surface area (Å²) in [5, 5.41) is 2.76. The Morgan fingerprint density at radius 3 is 2.55 bits per heavy atom. The number of pyridine rings is 1. The molecule has 166 valence electrons. The fourth-order valence-electron chi connectivity index (χ4n) is 4.22. The number of hydrogen-bond donors (Lipinski definition) is 1. The predicted molar refractivity (Wildman–Crippen MR) is 111 cm³/mol. The molecule has 6 nitrogen and oxygen atoms in total. The zero-order valence-corrected chi connectivity index (χ0v) is 18.1. The van der Waals surface area contributed by atoms with Crippen LogP contribution in [0.2, 0.25) is 0 Å². The van der Waals surface area contributed by atoms with Gasteiger partial charge in [0.25, 0.3) is 5.91 Å². The number of hydrogen-bond acceptors (Lipinski definition) is 5. The van der Waals surface area contributed by atoms with E-state index in [1.807, 2.05) is 20.8 Å². The van der Waals surface area contributed by atoms with Crippen LogP contribution < -0.4 is 10.1 Å². The van der Waals surface area contributed by atoms with Gasteiger partial charge >= 0.3 is 0 Å². The van der Waals surface area contributed by atoms with Crippen LogP contribution in [0.4, 0.5) is 14.5 Å². The Bertz CT molecular complexity index is 996. The molecule has 1 aliphatic rings. The largest absolute Gasteiger partial charge is 0.493 e. The Labute approximate surface area is 180 Å². The van der Waals surface area contributed by atoms with Crippen molar-refractivity contribution in [2.24, 2.45) is 11.8 Å². The fraction of sp³-hybridized carbons (Fsp3) is 0.435. The maximum Gasteiger partial charge on any atom is 0.254 e. The number of methoxy groups -OCH3 is 1. The second kappa shape index (κ2) is 9.09. The molecule has 8 heteroatoms. The van der Waals surface area contributed by atoms with Crippen molar-refractivity contribution in [3.05, 3.63) is 53.4 Å². The lowest BCUT2D eigenvalue weighted by molar-refractivity contribution is -0.128. The number of anilines is 1. The van der Waals surface area contributed by atoms with Crippen molar-refractivity contribution in [2.45, 2.75) is 45.8 Å². The smallest absolute Gasteiger partial charge is 0.254 e. The summed E-state index contributed by atoms with van der Waals surface area (Å²) in [5.74, 6) is -3.67. The molecule has 2 heterocycles. The molecule has 4 atom stereocenters. The van der Waals surface area contributed by atoms with Crippen LogP contribution >= 0.6 is 0 Å². The van der Waals surface area contributed by atoms with Gasteiger partial charge in [-0.05, 0) is 30.0 Å². The maximum atomic E-state index is 14.4. The lowest BCUT2D eigenvalue weighted by Gasteiger charge is -2.24. The number of benzene rings is 1. The van der Waals surface area contributed by atoms with Gasteiger partial charge < -0.3 is 14.8 Å². The van der Waals surface area contributed by atoms with Crippen molar-refractivity contribution in [2.75, 3.05) is 12.4 Å². The first-order valence-electron chi connectivity index (χ1n) is 10.1. The number of nitrogens with one attached hydrogen (secondary N) is 1. The molecule has 1 fully saturated rings. The second-order valence-corrected chi connectivity index (χ2v) is 8.11. The van der Waals surface area contributed by atoms with Crippen molar-refractivity contribution >= 4 is 17.4 Å². The van der Waals surface area contributed by atoms with Crippen molar-refractivity contribution < 1.29 is 27.8 Å². The van der Waals surface area contributed by atoms with Crippen LogP contribution in [0.1, 0.15) is 49.7 Å². The van der Waals surface area contributed by atoms with Crippen molar-refractivity contribution in [3.63, 3.8) is 0 Å². The van der Waals surface area contributed by atoms with Crippen molar-refractivity contribution in [1.82, 2.24) is 4.98 Å². The molecule has 1 N–H and O–H groups in total. The molecule has 1 aliphatic heterocycles. The predicted octanol–water partition coefficient (Wildman–Crippen LogP) is 4.35. The summed E-state index contributed by atoms with van der Waals surface area (Å²) in [6, 6.07) is 5.51. The Balaban J connectivity index is 1.99. The molecule has 1 saturated heterocycles. The quantitative estimate of drug-likeness (QED) is 0.687. The number of halogens is 2. The number of aromatic nitrogens is 1. The standard InChI is InChI=1S/C23H26F2N2O4/c1-11(2)20-12(3)18(15-6-7-16(24)19(25)21(15)30-5)22(31-20)23(29)27-14-8-9-26-17(10-14)13(4)28/h6-12,18,20,22H,1-5H3,(H,26,27,29)/t12-,18-,20-,22+/m0/s1. The first-order valence-corrected chi connectivity index (χ1v) is 10.1. The highest BCUT2D eigenvalue weighted by Gasteiger charge is 2.48. The summed E-state index contributed by atoms with van der Waals surface area (Å²) in [6.45, 7) is 7.25. The van der Waals surface area contributed by atoms with E-state index in [9.17, 15) is 18.4 Å². The van der Waals surface area contributed by atoms with Gasteiger partial charge in [0.05, 0.1) is 13.2 Å². The number of Topliss-reactive ketones (excluding diaryl/α,β-unsaturated/α-hetero) is 1. The number of rotatable bonds is 6. The molecule has 1 aromatic heterocycles. The minimum atomic E-state index is -1.10. The van der Waals surface area contributed by atoms with Crippen molar-refractivity contribution in [1.29, 1.82) is 0 Å². The topological polar surface area (TPSA) is 77.5 Å². The molecule has 2 aromatic rings. The number of ketones is 1. The Kier molecular flexibility index (Phi) is 6.69. The minimum absolute atomic E-state index is 0.0943. The Morgan fingerprint density at radius 2 is 1.94 bits per heavy atom. The summed E-state index contributed by atoms with van der Waals surface area (Å²) in [6.07, 6.45) is 0.191. The van der Waals surface area contributed by atoms with Gasteiger partial charge in [0, 0.05) is 30.3 Å². The van der Waals surface area contributed by atoms with Gasteiger partial charge in [-0.1, -0.05) is 26.8 Å². The first-order chi connectivity index (χ1) is 14.6. The molecule has 0 spiro atoms. The molecule has 0 unspecified atom stereocenters. The molecule has 1 aromatic carbocycles. The van der Waals surface area contributed by atoms with Crippen LogP contribution in [0.25, 0.3) is 0 Å². The van der Waals surface area contributed by atoms with E-state index < -0.39 is 29.6 Å². The molecule has 1 amide bonds. The van der Waals surface area contributed by atoms with E-state index in [0.717, 1.165) is 6.07 Å². The number of carbonyl (C=O) groups excluding carboxylic acids is 2. The third kappa shape index (κ3) is 4.44. The summed E-state index contributed by atoms with van der Waals surface area (Å²) in [5.41, 5.74) is 0.985. The molecule has 0 aliphatic carbocycles. The second-order valence-electron chi connectivity index (χ2n) is 8.11. The average molecular weight is 432 g/mol. The van der Waals surface area contributed by atoms with E-state index in [0.29, 0.717) is 11.3 Å². The van der Waals surface area contributed by atoms with Gasteiger partial charge in [-0.2, -0.15) is 4.39 Å². The summed E-state index contributed by atoms with van der Waals surface area (Å²) in [4.78, 5) is 28.8. The van der Waals surface area contributed by atoms with Gasteiger partial charge in [-0.25, -0.2) is 4.39 Å². The van der Waals surface area contributed by atoms with Crippen LogP contribution in [0.3, 0.4) is 0 Å². The summed E-state index contributed by atoms with van der Waals surface area (Å²) < 4.78 is 39.5. The number of amides is 1. The van der Waals surface area contributed by atoms with E-state index in [-0.39, 0.29) is 35.2 Å². The van der Waals surface area contributed by atoms with E-state index in [2.05, 4.69) is 10.3 Å². The minimum Gasteiger partial charge on any atom is -0.493 e. The molecule has 0 saturated carbocycles. The number of ether oxygens (including phenoxy) is 2. The van der Waals surface area contributed by atoms with Gasteiger partial charge in [-0.15, -0.1) is 0 Å². The highest BCUT2D eigenvalue weighted by molar-refractivity contribution is 5.97. The molecular formula is C23H26F2N2O4. The Morgan fingerprint density at radius 1 is 1.23 bits per heavy atom. The zero-order chi connectivity index (χ0) is 22.9. The van der Waals surface area contributed by atoms with E-state index in [1.165, 1.54) is 32.4 Å². The molecule has 0 radical (unpaired) electrons. The third-order valence-corrected chi connectivity index (χ3v) is 5.66. The van der Waals surface area contributed by atoms with E-state index in [1.54, 1.807) is 6.07 Å². The first kappa shape index (κ1) is 22.8. The maximum absolute atomic E-state index is 14.4. The molecule has 3 rings (SSSR count). The normalized spacial score (nSPS) is 23.1. The number of carbonyl (C=O) groups is 2. The lowest BCUT2D eigenvalue weighted by atomic mass is 9.79. The van der Waals surface area contributed by atoms with Crippen molar-refractivity contribution in [3.8, 4) is 5.75 Å². The van der Waals surface area contributed by atoms with Crippen LogP contribution in [-0.2, 0) is 9.53 Å². The SMILES string of the molecule is COc1c([C@@H]2[C@H](C)[C@H](C(C)C)O[C@H]2C(=O)Nc2ccnc(C(C)=O)c2)ccc(F)c1F. The van der Waals surface area contributed by atoms with E-state index >= 15 is 0 Å². The van der Waals surface area contributed by atoms with Gasteiger partial charge in [0.15, 0.2) is 17.3 Å². The van der Waals surface area contributed by atoms with Gasteiger partial charge in [0.2, 0.25) is 5.82 Å². The summed E-state index contributed by atoms with van der Waals surface area (Å²) in [7, 11) is 1.26. The number of nitrogens with zero attached hydrogens (tertiary/aromatic N) is 1. The van der Waals surface area contributed by atoms with Crippen LogP contribution in [-0.4, -0.2) is 36.0 Å². The van der Waals surface area contributed by atoms with Gasteiger partial charge in [0.1, 0.15) is 11.8 Å². The van der Waals surface area contributed by atoms with Gasteiger partial charge in [-0.3, -0.25) is 14.6 Å². The zero-order valence-electron chi connectivity index (χ0n) is 18.1. The average Bonchev–Trinajstić information content (AvgIpc) is 3.07. The monoisotopic (exact) mass is 432 g/mol. The van der Waals surface area contributed by atoms with Crippen LogP contribution in [0.5, 0.6) is 5.75 Å². The third-order valence-electron chi connectivity index (χ3n) is 5.66. The lowest BCUT2D eigenvalue weighted by Crippen LogP contribution is -2.33.